The highest BCUT2D eigenvalue weighted by Crippen LogP contribution is 2.36. The predicted octanol–water partition coefficient (Wildman–Crippen LogP) is 2.01. The van der Waals surface area contributed by atoms with Crippen molar-refractivity contribution in [2.24, 2.45) is 0 Å². The van der Waals surface area contributed by atoms with E-state index in [1.54, 1.807) is 13.1 Å². The van der Waals surface area contributed by atoms with E-state index in [1.807, 2.05) is 0 Å². The van der Waals surface area contributed by atoms with E-state index in [2.05, 4.69) is 4.72 Å². The zero-order valence-electron chi connectivity index (χ0n) is 18.6. The highest BCUT2D eigenvalue weighted by molar-refractivity contribution is 7.92. The van der Waals surface area contributed by atoms with Crippen LogP contribution in [0.3, 0.4) is 0 Å². The zero-order chi connectivity index (χ0) is 24.3. The average Bonchev–Trinajstić information content (AvgIpc) is 2.79. The number of benzene rings is 2. The van der Waals surface area contributed by atoms with Crippen molar-refractivity contribution in [2.75, 3.05) is 51.1 Å². The maximum Gasteiger partial charge on any atom is 0.407 e. The molecule has 33 heavy (non-hydrogen) atoms. The Morgan fingerprint density at radius 3 is 2.52 bits per heavy atom. The fourth-order valence-corrected chi connectivity index (χ4v) is 4.34. The number of ether oxygens (including phenoxy) is 3. The number of rotatable bonds is 8. The Labute approximate surface area is 191 Å². The molecule has 0 atom stereocenters. The van der Waals surface area contributed by atoms with E-state index in [1.165, 1.54) is 50.4 Å². The van der Waals surface area contributed by atoms with Gasteiger partial charge in [-0.2, -0.15) is 0 Å². The number of carbonyl (C=O) groups excluding carboxylic acids is 1. The van der Waals surface area contributed by atoms with Crippen LogP contribution in [0, 0.1) is 0 Å². The molecule has 0 spiro atoms. The topological polar surface area (TPSA) is 135 Å². The molecule has 2 aromatic rings. The molecule has 0 radical (unpaired) electrons. The van der Waals surface area contributed by atoms with Crippen LogP contribution < -0.4 is 23.8 Å². The number of fused-ring (bicyclic) bond motifs is 1. The lowest BCUT2D eigenvalue weighted by molar-refractivity contribution is -0.121. The summed E-state index contributed by atoms with van der Waals surface area (Å²) in [4.78, 5) is 25.4. The van der Waals surface area contributed by atoms with Gasteiger partial charge in [0.05, 0.1) is 30.5 Å². The molecule has 1 aliphatic rings. The fourth-order valence-electron chi connectivity index (χ4n) is 3.23. The molecule has 178 valence electrons. The molecule has 1 aliphatic heterocycles. The fraction of sp³-hybridized carbons (Fsp3) is 0.333. The second-order valence-electron chi connectivity index (χ2n) is 7.29. The van der Waals surface area contributed by atoms with Crippen LogP contribution in [-0.4, -0.2) is 71.9 Å². The van der Waals surface area contributed by atoms with Gasteiger partial charge in [-0.1, -0.05) is 0 Å². The van der Waals surface area contributed by atoms with Gasteiger partial charge in [0.25, 0.3) is 15.9 Å². The lowest BCUT2D eigenvalue weighted by Crippen LogP contribution is -2.35. The Kier molecular flexibility index (Phi) is 6.86. The first-order valence-corrected chi connectivity index (χ1v) is 11.3. The third kappa shape index (κ3) is 5.06. The summed E-state index contributed by atoms with van der Waals surface area (Å²) in [6, 6.07) is 7.30. The van der Waals surface area contributed by atoms with Crippen molar-refractivity contribution in [3.05, 3.63) is 35.9 Å². The zero-order valence-corrected chi connectivity index (χ0v) is 19.4. The molecular formula is C21H25N3O8S. The number of carbonyl (C=O) groups is 2. The van der Waals surface area contributed by atoms with Crippen molar-refractivity contribution in [1.29, 1.82) is 0 Å². The van der Waals surface area contributed by atoms with Gasteiger partial charge >= 0.3 is 6.09 Å². The van der Waals surface area contributed by atoms with Gasteiger partial charge in [-0.25, -0.2) is 13.2 Å². The van der Waals surface area contributed by atoms with Crippen molar-refractivity contribution in [3.63, 3.8) is 0 Å². The first-order chi connectivity index (χ1) is 15.6. The first-order valence-electron chi connectivity index (χ1n) is 9.82. The van der Waals surface area contributed by atoms with E-state index < -0.39 is 16.1 Å². The number of hydrogen-bond donors (Lipinski definition) is 2. The average molecular weight is 480 g/mol. The molecule has 0 unspecified atom stereocenters. The number of anilines is 2. The predicted molar refractivity (Wildman–Crippen MR) is 120 cm³/mol. The third-order valence-electron chi connectivity index (χ3n) is 5.22. The summed E-state index contributed by atoms with van der Waals surface area (Å²) in [6.45, 7) is 0.0102. The quantitative estimate of drug-likeness (QED) is 0.587. The summed E-state index contributed by atoms with van der Waals surface area (Å²) in [5, 5.41) is 9.12. The number of hydrogen-bond acceptors (Lipinski definition) is 7. The molecular weight excluding hydrogens is 454 g/mol. The first kappa shape index (κ1) is 24.0. The van der Waals surface area contributed by atoms with E-state index >= 15 is 0 Å². The van der Waals surface area contributed by atoms with Gasteiger partial charge in [-0.15, -0.1) is 0 Å². The van der Waals surface area contributed by atoms with E-state index in [9.17, 15) is 18.0 Å². The molecule has 1 heterocycles. The van der Waals surface area contributed by atoms with Crippen molar-refractivity contribution < 1.29 is 37.3 Å². The SMILES string of the molecule is COc1cc(CCN(C)C(=O)O)c(NS(=O)(=O)c2ccc3c(c2)N(C)C(=O)CO3)cc1OC. The Hall–Kier alpha value is -3.67. The molecule has 0 saturated heterocycles. The largest absolute Gasteiger partial charge is 0.493 e. The number of nitrogens with one attached hydrogen (secondary N) is 1. The summed E-state index contributed by atoms with van der Waals surface area (Å²) < 4.78 is 44.9. The van der Waals surface area contributed by atoms with E-state index in [0.717, 1.165) is 4.90 Å². The minimum atomic E-state index is -4.08. The van der Waals surface area contributed by atoms with Crippen LogP contribution in [0.25, 0.3) is 0 Å². The summed E-state index contributed by atoms with van der Waals surface area (Å²) in [5.74, 6) is 0.781. The maximum absolute atomic E-state index is 13.2. The van der Waals surface area contributed by atoms with Crippen LogP contribution in [0.5, 0.6) is 17.2 Å². The molecule has 0 aliphatic carbocycles. The van der Waals surface area contributed by atoms with Crippen molar-refractivity contribution in [3.8, 4) is 17.2 Å². The highest BCUT2D eigenvalue weighted by atomic mass is 32.2. The van der Waals surface area contributed by atoms with E-state index in [-0.39, 0.29) is 36.1 Å². The van der Waals surface area contributed by atoms with E-state index in [0.29, 0.717) is 28.5 Å². The maximum atomic E-state index is 13.2. The number of carboxylic acid groups (broad SMARTS) is 1. The Balaban J connectivity index is 1.98. The van der Waals surface area contributed by atoms with Crippen LogP contribution in [0.2, 0.25) is 0 Å². The number of nitrogens with zero attached hydrogens (tertiary/aromatic N) is 2. The molecule has 2 aromatic carbocycles. The molecule has 3 rings (SSSR count). The van der Waals surface area contributed by atoms with Gasteiger partial charge < -0.3 is 29.1 Å². The van der Waals surface area contributed by atoms with Gasteiger partial charge in [-0.3, -0.25) is 9.52 Å². The van der Waals surface area contributed by atoms with Crippen molar-refractivity contribution in [2.45, 2.75) is 11.3 Å². The summed E-state index contributed by atoms with van der Waals surface area (Å²) in [5.41, 5.74) is 1.06. The molecule has 2 amide bonds. The molecule has 0 bridgehead atoms. The minimum absolute atomic E-state index is 0.0743. The summed E-state index contributed by atoms with van der Waals surface area (Å²) in [7, 11) is 1.74. The second-order valence-corrected chi connectivity index (χ2v) is 8.98. The molecule has 0 aromatic heterocycles. The number of methoxy groups -OCH3 is 2. The van der Waals surface area contributed by atoms with Crippen molar-refractivity contribution >= 4 is 33.4 Å². The van der Waals surface area contributed by atoms with Crippen LogP contribution in [0.1, 0.15) is 5.56 Å². The van der Waals surface area contributed by atoms with Gasteiger partial charge in [0, 0.05) is 26.7 Å². The van der Waals surface area contributed by atoms with Crippen LogP contribution in [0.4, 0.5) is 16.2 Å². The molecule has 0 saturated carbocycles. The number of amides is 2. The Bertz CT molecular complexity index is 1180. The van der Waals surface area contributed by atoms with E-state index in [4.69, 9.17) is 19.3 Å². The lowest BCUT2D eigenvalue weighted by atomic mass is 10.1. The molecule has 2 N–H and O–H groups in total. The van der Waals surface area contributed by atoms with Gasteiger partial charge in [-0.05, 0) is 36.2 Å². The van der Waals surface area contributed by atoms with Crippen LogP contribution in [-0.2, 0) is 21.2 Å². The van der Waals surface area contributed by atoms with Gasteiger partial charge in [0.1, 0.15) is 5.75 Å². The van der Waals surface area contributed by atoms with Crippen LogP contribution >= 0.6 is 0 Å². The summed E-state index contributed by atoms with van der Waals surface area (Å²) >= 11 is 0. The molecule has 12 heteroatoms. The normalized spacial score (nSPS) is 13.1. The van der Waals surface area contributed by atoms with Crippen molar-refractivity contribution in [1.82, 2.24) is 4.90 Å². The Morgan fingerprint density at radius 2 is 1.88 bits per heavy atom. The second kappa shape index (κ2) is 9.45. The smallest absolute Gasteiger partial charge is 0.407 e. The van der Waals surface area contributed by atoms with Gasteiger partial charge in [0.2, 0.25) is 0 Å². The molecule has 11 nitrogen and oxygen atoms in total. The van der Waals surface area contributed by atoms with Gasteiger partial charge in [0.15, 0.2) is 18.1 Å². The number of sulfonamides is 1. The third-order valence-corrected chi connectivity index (χ3v) is 6.59. The molecule has 0 fully saturated rings. The summed E-state index contributed by atoms with van der Waals surface area (Å²) in [6.07, 6.45) is -0.886. The number of likely N-dealkylation sites (N-methyl/N-ethyl adjacent to an activating group) is 2. The monoisotopic (exact) mass is 479 g/mol. The highest BCUT2D eigenvalue weighted by Gasteiger charge is 2.26. The lowest BCUT2D eigenvalue weighted by Gasteiger charge is -2.26. The van der Waals surface area contributed by atoms with Crippen LogP contribution in [0.15, 0.2) is 35.2 Å². The standard InChI is InChI=1S/C21H25N3O8S/c1-23(21(26)27)8-7-13-9-18(30-3)19(31-4)11-15(13)22-33(28,29)14-5-6-17-16(10-14)24(2)20(25)12-32-17/h5-6,9-11,22H,7-8,12H2,1-4H3,(H,26,27). The Morgan fingerprint density at radius 1 is 1.21 bits per heavy atom. The minimum Gasteiger partial charge on any atom is -0.493 e.